The molecule has 110 valence electrons. The summed E-state index contributed by atoms with van der Waals surface area (Å²) in [6, 6.07) is 7.73. The molecule has 0 amide bonds. The highest BCUT2D eigenvalue weighted by Crippen LogP contribution is 2.38. The fourth-order valence-electron chi connectivity index (χ4n) is 2.28. The molecule has 0 bridgehead atoms. The summed E-state index contributed by atoms with van der Waals surface area (Å²) in [6.07, 6.45) is 2.31. The van der Waals surface area contributed by atoms with Gasteiger partial charge >= 0.3 is 7.12 Å². The van der Waals surface area contributed by atoms with Gasteiger partial charge in [0.1, 0.15) is 11.8 Å². The number of hydrogen-bond donors (Lipinski definition) is 0. The topological polar surface area (TPSA) is 51.5 Å². The first-order valence-corrected chi connectivity index (χ1v) is 7.39. The molecular formula is C16H20BNO3. The maximum absolute atomic E-state index is 9.31. The monoisotopic (exact) mass is 285 g/mol. The highest BCUT2D eigenvalue weighted by molar-refractivity contribution is 6.63. The van der Waals surface area contributed by atoms with Crippen molar-refractivity contribution in [2.24, 2.45) is 0 Å². The lowest BCUT2D eigenvalue weighted by Gasteiger charge is -2.32. The standard InChI is InChI=1S/C16H20BNO3/c1-15(2)16(3,4)21-17(20-15)13-7-5-6-11(10-18)14(13)19-12-8-9-12/h5-7,12H,8-9H2,1-4H3. The summed E-state index contributed by atoms with van der Waals surface area (Å²) in [4.78, 5) is 0. The molecule has 1 aromatic carbocycles. The van der Waals surface area contributed by atoms with E-state index in [9.17, 15) is 5.26 Å². The van der Waals surface area contributed by atoms with E-state index < -0.39 is 18.3 Å². The van der Waals surface area contributed by atoms with Crippen molar-refractivity contribution in [3.8, 4) is 11.8 Å². The third-order valence-corrected chi connectivity index (χ3v) is 4.48. The highest BCUT2D eigenvalue weighted by atomic mass is 16.7. The molecule has 5 heteroatoms. The van der Waals surface area contributed by atoms with E-state index in [0.29, 0.717) is 11.3 Å². The van der Waals surface area contributed by atoms with Gasteiger partial charge in [-0.1, -0.05) is 12.1 Å². The largest absolute Gasteiger partial charge is 0.498 e. The summed E-state index contributed by atoms with van der Waals surface area (Å²) in [5.74, 6) is 0.612. The number of para-hydroxylation sites is 1. The Morgan fingerprint density at radius 3 is 2.33 bits per heavy atom. The molecule has 1 saturated heterocycles. The Balaban J connectivity index is 1.97. The van der Waals surface area contributed by atoms with Gasteiger partial charge < -0.3 is 14.0 Å². The molecule has 0 unspecified atom stereocenters. The van der Waals surface area contributed by atoms with Crippen LogP contribution in [0.15, 0.2) is 18.2 Å². The molecule has 0 spiro atoms. The molecule has 21 heavy (non-hydrogen) atoms. The summed E-state index contributed by atoms with van der Waals surface area (Å²) >= 11 is 0. The van der Waals surface area contributed by atoms with Crippen LogP contribution in [0.25, 0.3) is 0 Å². The van der Waals surface area contributed by atoms with Crippen LogP contribution in [0.4, 0.5) is 0 Å². The molecule has 2 aliphatic rings. The maximum Gasteiger partial charge on any atom is 0.498 e. The van der Waals surface area contributed by atoms with Gasteiger partial charge in [0, 0.05) is 5.46 Å². The molecule has 0 radical (unpaired) electrons. The minimum atomic E-state index is -0.503. The van der Waals surface area contributed by atoms with Crippen LogP contribution in [0.1, 0.15) is 46.1 Å². The fourth-order valence-corrected chi connectivity index (χ4v) is 2.28. The minimum absolute atomic E-state index is 0.223. The number of benzene rings is 1. The predicted molar refractivity (Wildman–Crippen MR) is 80.5 cm³/mol. The number of rotatable bonds is 3. The third-order valence-electron chi connectivity index (χ3n) is 4.48. The van der Waals surface area contributed by atoms with Gasteiger partial charge in [0.05, 0.1) is 22.9 Å². The van der Waals surface area contributed by atoms with E-state index >= 15 is 0 Å². The van der Waals surface area contributed by atoms with Crippen molar-refractivity contribution < 1.29 is 14.0 Å². The van der Waals surface area contributed by atoms with Gasteiger partial charge in [-0.05, 0) is 46.6 Å². The van der Waals surface area contributed by atoms with Crippen LogP contribution >= 0.6 is 0 Å². The van der Waals surface area contributed by atoms with Crippen molar-refractivity contribution in [3.63, 3.8) is 0 Å². The highest BCUT2D eigenvalue weighted by Gasteiger charge is 2.52. The molecule has 0 N–H and O–H groups in total. The summed E-state index contributed by atoms with van der Waals surface area (Å²) < 4.78 is 18.1. The van der Waals surface area contributed by atoms with E-state index in [2.05, 4.69) is 6.07 Å². The van der Waals surface area contributed by atoms with Crippen LogP contribution < -0.4 is 10.2 Å². The van der Waals surface area contributed by atoms with Crippen LogP contribution in [-0.2, 0) is 9.31 Å². The summed E-state index contributed by atoms with van der Waals surface area (Å²) in [5.41, 5.74) is 0.530. The van der Waals surface area contributed by atoms with Crippen molar-refractivity contribution in [1.29, 1.82) is 5.26 Å². The molecule has 1 aliphatic heterocycles. The average molecular weight is 285 g/mol. The van der Waals surface area contributed by atoms with E-state index in [1.54, 1.807) is 6.07 Å². The van der Waals surface area contributed by atoms with Crippen molar-refractivity contribution >= 4 is 12.6 Å². The van der Waals surface area contributed by atoms with Gasteiger partial charge in [0.25, 0.3) is 0 Å². The molecular weight excluding hydrogens is 265 g/mol. The van der Waals surface area contributed by atoms with Gasteiger partial charge in [0.15, 0.2) is 0 Å². The normalized spacial score (nSPS) is 22.9. The Hall–Kier alpha value is -1.51. The Morgan fingerprint density at radius 1 is 1.19 bits per heavy atom. The fraction of sp³-hybridized carbons (Fsp3) is 0.562. The van der Waals surface area contributed by atoms with E-state index in [1.165, 1.54) is 0 Å². The zero-order chi connectivity index (χ0) is 15.3. The lowest BCUT2D eigenvalue weighted by Crippen LogP contribution is -2.41. The van der Waals surface area contributed by atoms with Crippen molar-refractivity contribution in [2.75, 3.05) is 0 Å². The number of nitrogens with zero attached hydrogens (tertiary/aromatic N) is 1. The van der Waals surface area contributed by atoms with Gasteiger partial charge in [-0.25, -0.2) is 0 Å². The van der Waals surface area contributed by atoms with Crippen LogP contribution in [0.5, 0.6) is 5.75 Å². The van der Waals surface area contributed by atoms with Crippen molar-refractivity contribution in [3.05, 3.63) is 23.8 Å². The first-order chi connectivity index (χ1) is 9.84. The van der Waals surface area contributed by atoms with Crippen LogP contribution in [0.3, 0.4) is 0 Å². The summed E-state index contributed by atoms with van der Waals surface area (Å²) in [5, 5.41) is 9.31. The SMILES string of the molecule is CC1(C)OB(c2cccc(C#N)c2OC2CC2)OC1(C)C. The smallest absolute Gasteiger partial charge is 0.489 e. The van der Waals surface area contributed by atoms with E-state index in [-0.39, 0.29) is 6.10 Å². The van der Waals surface area contributed by atoms with Crippen molar-refractivity contribution in [1.82, 2.24) is 0 Å². The quantitative estimate of drug-likeness (QED) is 0.800. The van der Waals surface area contributed by atoms with E-state index in [1.807, 2.05) is 39.8 Å². The number of hydrogen-bond acceptors (Lipinski definition) is 4. The first-order valence-electron chi connectivity index (χ1n) is 7.39. The van der Waals surface area contributed by atoms with Gasteiger partial charge in [0.2, 0.25) is 0 Å². The Morgan fingerprint density at radius 2 is 1.81 bits per heavy atom. The lowest BCUT2D eigenvalue weighted by atomic mass is 9.77. The van der Waals surface area contributed by atoms with Crippen molar-refractivity contribution in [2.45, 2.75) is 57.8 Å². The zero-order valence-electron chi connectivity index (χ0n) is 13.0. The van der Waals surface area contributed by atoms with Gasteiger partial charge in [-0.15, -0.1) is 0 Å². The van der Waals surface area contributed by atoms with E-state index in [4.69, 9.17) is 14.0 Å². The van der Waals surface area contributed by atoms with Gasteiger partial charge in [-0.2, -0.15) is 5.26 Å². The summed E-state index contributed by atoms with van der Waals surface area (Å²) in [7, 11) is -0.503. The van der Waals surface area contributed by atoms with E-state index in [0.717, 1.165) is 18.3 Å². The molecule has 1 aromatic rings. The number of nitriles is 1. The Labute approximate surface area is 126 Å². The Bertz CT molecular complexity index is 586. The molecule has 1 heterocycles. The second kappa shape index (κ2) is 4.76. The molecule has 0 atom stereocenters. The Kier molecular flexibility index (Phi) is 3.27. The molecule has 3 rings (SSSR count). The average Bonchev–Trinajstić information content (AvgIpc) is 3.17. The maximum atomic E-state index is 9.31. The predicted octanol–water partition coefficient (Wildman–Crippen LogP) is 2.40. The zero-order valence-corrected chi connectivity index (χ0v) is 13.0. The summed E-state index contributed by atoms with van der Waals surface area (Å²) in [6.45, 7) is 8.07. The van der Waals surface area contributed by atoms with Crippen LogP contribution in [0, 0.1) is 11.3 Å². The third kappa shape index (κ3) is 2.54. The second-order valence-corrected chi connectivity index (χ2v) is 6.74. The van der Waals surface area contributed by atoms with Crippen LogP contribution in [-0.4, -0.2) is 24.4 Å². The second-order valence-electron chi connectivity index (χ2n) is 6.74. The lowest BCUT2D eigenvalue weighted by molar-refractivity contribution is 0.00578. The molecule has 2 fully saturated rings. The molecule has 0 aromatic heterocycles. The minimum Gasteiger partial charge on any atom is -0.489 e. The molecule has 4 nitrogen and oxygen atoms in total. The number of ether oxygens (including phenoxy) is 1. The molecule has 1 aliphatic carbocycles. The van der Waals surface area contributed by atoms with Gasteiger partial charge in [-0.3, -0.25) is 0 Å². The first kappa shape index (κ1) is 14.4. The van der Waals surface area contributed by atoms with Crippen LogP contribution in [0.2, 0.25) is 0 Å². The molecule has 1 saturated carbocycles.